The first-order chi connectivity index (χ1) is 12.9. The Hall–Kier alpha value is -2.45. The fourth-order valence-electron chi connectivity index (χ4n) is 4.08. The van der Waals surface area contributed by atoms with Crippen molar-refractivity contribution in [3.63, 3.8) is 0 Å². The van der Waals surface area contributed by atoms with Crippen LogP contribution < -0.4 is 4.90 Å². The third-order valence-corrected chi connectivity index (χ3v) is 7.29. The van der Waals surface area contributed by atoms with E-state index in [0.29, 0.717) is 35.7 Å². The second kappa shape index (κ2) is 6.31. The highest BCUT2D eigenvalue weighted by Crippen LogP contribution is 2.41. The van der Waals surface area contributed by atoms with Gasteiger partial charge < -0.3 is 9.64 Å². The van der Waals surface area contributed by atoms with E-state index < -0.39 is 22.0 Å². The van der Waals surface area contributed by atoms with Gasteiger partial charge in [-0.1, -0.05) is 12.1 Å². The predicted octanol–water partition coefficient (Wildman–Crippen LogP) is 2.15. The van der Waals surface area contributed by atoms with Gasteiger partial charge in [0.05, 0.1) is 17.7 Å². The smallest absolute Gasteiger partial charge is 0.324 e. The summed E-state index contributed by atoms with van der Waals surface area (Å²) in [5, 5.41) is 1.16. The maximum atomic E-state index is 13.4. The van der Waals surface area contributed by atoms with Crippen LogP contribution in [0.5, 0.6) is 0 Å². The van der Waals surface area contributed by atoms with Crippen molar-refractivity contribution >= 4 is 38.4 Å². The molecule has 142 valence electrons. The van der Waals surface area contributed by atoms with Crippen LogP contribution in [0, 0.1) is 0 Å². The van der Waals surface area contributed by atoms with E-state index in [2.05, 4.69) is 0 Å². The zero-order chi connectivity index (χ0) is 19.3. The average molecular weight is 388 g/mol. The Morgan fingerprint density at radius 2 is 2.04 bits per heavy atom. The first-order valence-electron chi connectivity index (χ1n) is 8.89. The molecule has 1 atom stereocenters. The van der Waals surface area contributed by atoms with Gasteiger partial charge in [0.25, 0.3) is 5.91 Å². The molecule has 2 aromatic rings. The van der Waals surface area contributed by atoms with Gasteiger partial charge in [0.15, 0.2) is 0 Å². The number of esters is 1. The highest BCUT2D eigenvalue weighted by atomic mass is 32.2. The molecule has 8 heteroatoms. The number of sulfonamides is 1. The molecule has 0 aromatic heterocycles. The van der Waals surface area contributed by atoms with E-state index in [9.17, 15) is 18.0 Å². The normalized spacial score (nSPS) is 19.9. The van der Waals surface area contributed by atoms with Gasteiger partial charge in [0.2, 0.25) is 10.0 Å². The van der Waals surface area contributed by atoms with E-state index in [1.54, 1.807) is 29.2 Å². The molecular weight excluding hydrogens is 368 g/mol. The molecule has 27 heavy (non-hydrogen) atoms. The third kappa shape index (κ3) is 2.47. The first-order valence-corrected chi connectivity index (χ1v) is 10.3. The minimum absolute atomic E-state index is 0.115. The van der Waals surface area contributed by atoms with Crippen molar-refractivity contribution in [3.8, 4) is 0 Å². The molecule has 2 heterocycles. The van der Waals surface area contributed by atoms with Crippen molar-refractivity contribution in [1.29, 1.82) is 0 Å². The fraction of sp³-hybridized carbons (Fsp3) is 0.368. The van der Waals surface area contributed by atoms with Crippen LogP contribution >= 0.6 is 0 Å². The fourth-order valence-corrected chi connectivity index (χ4v) is 5.92. The number of carbonyl (C=O) groups excluding carboxylic acids is 2. The Balaban J connectivity index is 1.90. The summed E-state index contributed by atoms with van der Waals surface area (Å²) in [6.45, 7) is 2.65. The summed E-state index contributed by atoms with van der Waals surface area (Å²) < 4.78 is 32.7. The van der Waals surface area contributed by atoms with E-state index in [0.717, 1.165) is 5.69 Å². The Labute approximate surface area is 157 Å². The van der Waals surface area contributed by atoms with Gasteiger partial charge in [0, 0.05) is 29.4 Å². The largest absolute Gasteiger partial charge is 0.468 e. The van der Waals surface area contributed by atoms with Crippen LogP contribution in [0.15, 0.2) is 35.2 Å². The molecule has 4 rings (SSSR count). The Bertz CT molecular complexity index is 1060. The molecule has 0 N–H and O–H groups in total. The molecular formula is C19H20N2O5S. The Kier molecular flexibility index (Phi) is 4.20. The summed E-state index contributed by atoms with van der Waals surface area (Å²) >= 11 is 0. The molecule has 0 spiro atoms. The minimum atomic E-state index is -3.91. The number of hydrogen-bond donors (Lipinski definition) is 0. The molecule has 1 amide bonds. The first kappa shape index (κ1) is 17.9. The maximum absolute atomic E-state index is 13.4. The molecule has 2 aliphatic rings. The molecule has 1 saturated heterocycles. The van der Waals surface area contributed by atoms with Gasteiger partial charge in [0.1, 0.15) is 6.04 Å². The summed E-state index contributed by atoms with van der Waals surface area (Å²) in [5.74, 6) is -0.671. The minimum Gasteiger partial charge on any atom is -0.468 e. The SMILES string of the molecule is CCN1C(=O)c2cccc3c(S(=O)(=O)N4CCC[C@@H]4C(=O)OC)ccc1c23. The zero-order valence-corrected chi connectivity index (χ0v) is 16.0. The summed E-state index contributed by atoms with van der Waals surface area (Å²) in [7, 11) is -2.66. The lowest BCUT2D eigenvalue weighted by Gasteiger charge is -2.23. The Morgan fingerprint density at radius 1 is 1.26 bits per heavy atom. The predicted molar refractivity (Wildman–Crippen MR) is 100 cm³/mol. The van der Waals surface area contributed by atoms with Crippen LogP contribution in [0.1, 0.15) is 30.1 Å². The molecule has 0 saturated carbocycles. The molecule has 0 aliphatic carbocycles. The van der Waals surface area contributed by atoms with E-state index in [1.165, 1.54) is 17.5 Å². The summed E-state index contributed by atoms with van der Waals surface area (Å²) in [6.07, 6.45) is 1.04. The molecule has 0 unspecified atom stereocenters. The van der Waals surface area contributed by atoms with Gasteiger partial charge >= 0.3 is 5.97 Å². The number of anilines is 1. The standard InChI is InChI=1S/C19H20N2O5S/c1-3-20-14-9-10-16(12-6-4-7-13(17(12)14)18(20)22)27(24,25)21-11-5-8-15(21)19(23)26-2/h4,6-7,9-10,15H,3,5,8,11H2,1-2H3/t15-/m1/s1. The van der Waals surface area contributed by atoms with Gasteiger partial charge in [-0.3, -0.25) is 9.59 Å². The van der Waals surface area contributed by atoms with Crippen LogP contribution in [-0.2, 0) is 19.6 Å². The van der Waals surface area contributed by atoms with Gasteiger partial charge in [-0.25, -0.2) is 8.42 Å². The van der Waals surface area contributed by atoms with E-state index in [-0.39, 0.29) is 17.3 Å². The topological polar surface area (TPSA) is 84.0 Å². The lowest BCUT2D eigenvalue weighted by molar-refractivity contribution is -0.144. The highest BCUT2D eigenvalue weighted by Gasteiger charge is 2.41. The van der Waals surface area contributed by atoms with Crippen molar-refractivity contribution in [3.05, 3.63) is 35.9 Å². The third-order valence-electron chi connectivity index (χ3n) is 5.32. The molecule has 2 aliphatic heterocycles. The molecule has 7 nitrogen and oxygen atoms in total. The van der Waals surface area contributed by atoms with Crippen LogP contribution in [0.2, 0.25) is 0 Å². The number of nitrogens with zero attached hydrogens (tertiary/aromatic N) is 2. The van der Waals surface area contributed by atoms with E-state index in [4.69, 9.17) is 4.74 Å². The second-order valence-electron chi connectivity index (χ2n) is 6.66. The summed E-state index contributed by atoms with van der Waals surface area (Å²) in [4.78, 5) is 26.4. The monoisotopic (exact) mass is 388 g/mol. The van der Waals surface area contributed by atoms with Crippen molar-refractivity contribution in [2.24, 2.45) is 0 Å². The van der Waals surface area contributed by atoms with Crippen LogP contribution in [0.25, 0.3) is 10.8 Å². The lowest BCUT2D eigenvalue weighted by atomic mass is 10.1. The van der Waals surface area contributed by atoms with Crippen molar-refractivity contribution in [2.75, 3.05) is 25.1 Å². The van der Waals surface area contributed by atoms with Gasteiger partial charge in [-0.2, -0.15) is 4.31 Å². The van der Waals surface area contributed by atoms with Gasteiger partial charge in [-0.15, -0.1) is 0 Å². The number of methoxy groups -OCH3 is 1. The van der Waals surface area contributed by atoms with E-state index >= 15 is 0 Å². The molecule has 0 radical (unpaired) electrons. The summed E-state index contributed by atoms with van der Waals surface area (Å²) in [6, 6.07) is 7.52. The van der Waals surface area contributed by atoms with Gasteiger partial charge in [-0.05, 0) is 38.0 Å². The number of carbonyl (C=O) groups is 2. The molecule has 0 bridgehead atoms. The Morgan fingerprint density at radius 3 is 2.74 bits per heavy atom. The number of hydrogen-bond acceptors (Lipinski definition) is 5. The number of ether oxygens (including phenoxy) is 1. The quantitative estimate of drug-likeness (QED) is 0.750. The highest BCUT2D eigenvalue weighted by molar-refractivity contribution is 7.89. The number of benzene rings is 2. The van der Waals surface area contributed by atoms with Crippen molar-refractivity contribution in [2.45, 2.75) is 30.7 Å². The second-order valence-corrected chi connectivity index (χ2v) is 8.52. The number of rotatable bonds is 4. The zero-order valence-electron chi connectivity index (χ0n) is 15.1. The molecule has 1 fully saturated rings. The van der Waals surface area contributed by atoms with Crippen LogP contribution in [0.4, 0.5) is 5.69 Å². The molecule has 2 aromatic carbocycles. The maximum Gasteiger partial charge on any atom is 0.324 e. The van der Waals surface area contributed by atoms with Crippen molar-refractivity contribution < 1.29 is 22.7 Å². The average Bonchev–Trinajstić information content (AvgIpc) is 3.27. The lowest BCUT2D eigenvalue weighted by Crippen LogP contribution is -2.41. The van der Waals surface area contributed by atoms with E-state index in [1.807, 2.05) is 6.92 Å². The summed E-state index contributed by atoms with van der Waals surface area (Å²) in [5.41, 5.74) is 1.23. The number of amides is 1. The van der Waals surface area contributed by atoms with Crippen LogP contribution in [0.3, 0.4) is 0 Å². The van der Waals surface area contributed by atoms with Crippen molar-refractivity contribution in [1.82, 2.24) is 4.31 Å². The van der Waals surface area contributed by atoms with Crippen LogP contribution in [-0.4, -0.2) is 50.8 Å².